The highest BCUT2D eigenvalue weighted by Crippen LogP contribution is 2.07. The SMILES string of the molecule is C[Si](C)(C)[Si]([Si])([Si])[Si]. The molecular weight excluding hydrogens is 176 g/mol. The predicted octanol–water partition coefficient (Wildman–Crippen LogP) is -0.153. The average molecular weight is 186 g/mol. The van der Waals surface area contributed by atoms with Crippen LogP contribution in [0.25, 0.3) is 0 Å². The molecule has 0 aromatic carbocycles. The van der Waals surface area contributed by atoms with E-state index in [0.717, 1.165) is 0 Å². The van der Waals surface area contributed by atoms with E-state index in [0.29, 0.717) is 0 Å². The maximum Gasteiger partial charge on any atom is 0.0289 e. The van der Waals surface area contributed by atoms with Gasteiger partial charge in [-0.25, -0.2) is 0 Å². The van der Waals surface area contributed by atoms with E-state index in [1.165, 1.54) is 0 Å². The van der Waals surface area contributed by atoms with Gasteiger partial charge < -0.3 is 0 Å². The second kappa shape index (κ2) is 2.37. The fourth-order valence-electron chi connectivity index (χ4n) is 0. The zero-order valence-electron chi connectivity index (χ0n) is 5.50. The lowest BCUT2D eigenvalue weighted by Crippen LogP contribution is -2.60. The Balaban J connectivity index is 4.02. The van der Waals surface area contributed by atoms with Crippen molar-refractivity contribution >= 4 is 43.0 Å². The lowest BCUT2D eigenvalue weighted by Gasteiger charge is -2.30. The van der Waals surface area contributed by atoms with E-state index in [9.17, 15) is 0 Å². The Kier molecular flexibility index (Phi) is 2.69. The van der Waals surface area contributed by atoms with Crippen LogP contribution in [0.1, 0.15) is 0 Å². The maximum atomic E-state index is 3.68. The van der Waals surface area contributed by atoms with E-state index in [2.05, 4.69) is 48.9 Å². The van der Waals surface area contributed by atoms with Gasteiger partial charge in [-0.2, -0.15) is 0 Å². The average Bonchev–Trinajstić information content (AvgIpc) is 1.25. The highest BCUT2D eigenvalue weighted by molar-refractivity contribution is 7.85. The predicted molar refractivity (Wildman–Crippen MR) is 46.4 cm³/mol. The third kappa shape index (κ3) is 2.58. The largest absolute Gasteiger partial charge is 0.0721 e. The Bertz CT molecular complexity index is 62.7. The highest BCUT2D eigenvalue weighted by atomic mass is 30.1. The fourth-order valence-corrected chi connectivity index (χ4v) is 0. The van der Waals surface area contributed by atoms with Crippen molar-refractivity contribution in [2.75, 3.05) is 0 Å². The molecule has 0 fully saturated rings. The summed E-state index contributed by atoms with van der Waals surface area (Å²) in [5.41, 5.74) is 0. The van der Waals surface area contributed by atoms with Gasteiger partial charge in [0.05, 0.1) is 0 Å². The summed E-state index contributed by atoms with van der Waals surface area (Å²) in [4.78, 5) is 0. The van der Waals surface area contributed by atoms with Crippen molar-refractivity contribution < 1.29 is 0 Å². The van der Waals surface area contributed by atoms with E-state index in [1.807, 2.05) is 0 Å². The first-order valence-electron chi connectivity index (χ1n) is 2.50. The molecule has 0 aromatic heterocycles. The topological polar surface area (TPSA) is 0 Å². The molecule has 0 nitrogen and oxygen atoms in total. The Morgan fingerprint density at radius 2 is 1.00 bits per heavy atom. The van der Waals surface area contributed by atoms with Crippen LogP contribution in [-0.4, -0.2) is 43.0 Å². The smallest absolute Gasteiger partial charge is 0.0289 e. The summed E-state index contributed by atoms with van der Waals surface area (Å²) in [7, 11) is 10.0. The van der Waals surface area contributed by atoms with E-state index >= 15 is 0 Å². The molecule has 0 bridgehead atoms. The fraction of sp³-hybridized carbons (Fsp3) is 1.00. The first-order valence-corrected chi connectivity index (χ1v) is 13.5. The van der Waals surface area contributed by atoms with Crippen molar-refractivity contribution in [2.45, 2.75) is 19.6 Å². The normalized spacial score (nSPS) is 14.2. The van der Waals surface area contributed by atoms with Gasteiger partial charge >= 0.3 is 0 Å². The third-order valence-corrected chi connectivity index (χ3v) is 30.4. The molecule has 0 N–H and O–H groups in total. The monoisotopic (exact) mass is 185 g/mol. The molecule has 0 atom stereocenters. The van der Waals surface area contributed by atoms with Gasteiger partial charge in [-0.15, -0.1) is 0 Å². The Hall–Kier alpha value is 1.08. The summed E-state index contributed by atoms with van der Waals surface area (Å²) >= 11 is 0. The van der Waals surface area contributed by atoms with E-state index in [4.69, 9.17) is 0 Å². The first-order chi connectivity index (χ1) is 3.25. The van der Waals surface area contributed by atoms with Crippen molar-refractivity contribution in [2.24, 2.45) is 0 Å². The molecule has 0 aromatic rings. The number of hydrogen-bond donors (Lipinski definition) is 0. The second-order valence-corrected chi connectivity index (χ2v) is 31.5. The highest BCUT2D eigenvalue weighted by Gasteiger charge is 2.31. The summed E-state index contributed by atoms with van der Waals surface area (Å²) < 4.78 is 0. The van der Waals surface area contributed by atoms with Crippen LogP contribution in [0.2, 0.25) is 19.6 Å². The minimum Gasteiger partial charge on any atom is -0.0721 e. The van der Waals surface area contributed by atoms with Crippen LogP contribution in [0, 0.1) is 0 Å². The van der Waals surface area contributed by atoms with Gasteiger partial charge in [0, 0.05) is 43.0 Å². The summed E-state index contributed by atoms with van der Waals surface area (Å²) in [5.74, 6) is 0. The molecule has 0 rings (SSSR count). The van der Waals surface area contributed by atoms with Gasteiger partial charge in [-0.1, -0.05) is 19.6 Å². The molecule has 0 unspecified atom stereocenters. The minimum absolute atomic E-state index is 0.979. The van der Waals surface area contributed by atoms with E-state index in [1.54, 1.807) is 0 Å². The van der Waals surface area contributed by atoms with Crippen LogP contribution in [0.3, 0.4) is 0 Å². The Morgan fingerprint density at radius 1 is 0.875 bits per heavy atom. The molecule has 0 aliphatic heterocycles. The Morgan fingerprint density at radius 3 is 1.00 bits per heavy atom. The molecule has 0 saturated carbocycles. The van der Waals surface area contributed by atoms with Crippen LogP contribution in [0.15, 0.2) is 0 Å². The molecule has 9 radical (unpaired) electrons. The zero-order valence-corrected chi connectivity index (χ0v) is 10.5. The van der Waals surface area contributed by atoms with Crippen LogP contribution >= 0.6 is 0 Å². The van der Waals surface area contributed by atoms with E-state index < -0.39 is 13.7 Å². The van der Waals surface area contributed by atoms with Gasteiger partial charge in [0.1, 0.15) is 0 Å². The molecule has 41 valence electrons. The standard InChI is InChI=1S/C3H9Si5/c1-7(2,3)8(4,5)6/h1-3H3. The van der Waals surface area contributed by atoms with Crippen LogP contribution in [0.5, 0.6) is 0 Å². The van der Waals surface area contributed by atoms with Gasteiger partial charge in [0.2, 0.25) is 0 Å². The summed E-state index contributed by atoms with van der Waals surface area (Å²) in [6.07, 6.45) is -1.30. The Labute approximate surface area is 62.9 Å². The molecule has 0 spiro atoms. The van der Waals surface area contributed by atoms with Crippen LogP contribution in [-0.2, 0) is 0 Å². The quantitative estimate of drug-likeness (QED) is 0.499. The van der Waals surface area contributed by atoms with Crippen molar-refractivity contribution in [1.82, 2.24) is 0 Å². The molecule has 0 amide bonds. The molecule has 5 heteroatoms. The van der Waals surface area contributed by atoms with Crippen molar-refractivity contribution in [3.05, 3.63) is 0 Å². The van der Waals surface area contributed by atoms with Crippen molar-refractivity contribution in [3.63, 3.8) is 0 Å². The van der Waals surface area contributed by atoms with Gasteiger partial charge in [0.15, 0.2) is 0 Å². The van der Waals surface area contributed by atoms with Crippen molar-refractivity contribution in [3.8, 4) is 0 Å². The molecule has 0 aliphatic carbocycles. The summed E-state index contributed by atoms with van der Waals surface area (Å²) in [6, 6.07) is 0. The molecule has 8 heavy (non-hydrogen) atoms. The van der Waals surface area contributed by atoms with Gasteiger partial charge in [-0.05, 0) is 0 Å². The van der Waals surface area contributed by atoms with Crippen LogP contribution < -0.4 is 0 Å². The van der Waals surface area contributed by atoms with Crippen molar-refractivity contribution in [1.29, 1.82) is 0 Å². The first kappa shape index (κ1) is 9.08. The maximum absolute atomic E-state index is 3.68. The third-order valence-electron chi connectivity index (χ3n) is 1.12. The molecule has 0 heterocycles. The molecule has 0 aliphatic rings. The summed E-state index contributed by atoms with van der Waals surface area (Å²) in [6.45, 7) is 6.98. The molecule has 0 saturated heterocycles. The zero-order chi connectivity index (χ0) is 7.00. The molecular formula is C3H9Si5. The number of rotatable bonds is 1. The lowest BCUT2D eigenvalue weighted by molar-refractivity contribution is 1.86. The number of hydrogen-bond acceptors (Lipinski definition) is 0. The summed E-state index contributed by atoms with van der Waals surface area (Å²) in [5, 5.41) is 0. The van der Waals surface area contributed by atoms with Gasteiger partial charge in [0.25, 0.3) is 0 Å². The van der Waals surface area contributed by atoms with Crippen LogP contribution in [0.4, 0.5) is 0 Å². The lowest BCUT2D eigenvalue weighted by atomic mass is 11.8. The van der Waals surface area contributed by atoms with E-state index in [-0.39, 0.29) is 0 Å². The minimum atomic E-state index is -1.30. The second-order valence-electron chi connectivity index (χ2n) is 3.00. The van der Waals surface area contributed by atoms with Gasteiger partial charge in [-0.3, -0.25) is 0 Å².